The number of aromatic nitrogens is 2. The molecule has 0 atom stereocenters. The second-order valence-corrected chi connectivity index (χ2v) is 4.63. The lowest BCUT2D eigenvalue weighted by atomic mass is 10.2. The quantitative estimate of drug-likeness (QED) is 0.882. The minimum Gasteiger partial charge on any atom is -0.496 e. The first kappa shape index (κ1) is 15.1. The van der Waals surface area contributed by atoms with Crippen molar-refractivity contribution in [1.82, 2.24) is 9.78 Å². The molecule has 2 aromatic rings. The fourth-order valence-corrected chi connectivity index (χ4v) is 2.14. The normalized spacial score (nSPS) is 10.5. The van der Waals surface area contributed by atoms with Gasteiger partial charge in [0.2, 0.25) is 0 Å². The highest BCUT2D eigenvalue weighted by Gasteiger charge is 2.14. The number of carbonyl (C=O) groups is 1. The molecule has 1 aromatic carbocycles. The predicted molar refractivity (Wildman–Crippen MR) is 79.5 cm³/mol. The van der Waals surface area contributed by atoms with E-state index in [9.17, 15) is 9.90 Å². The summed E-state index contributed by atoms with van der Waals surface area (Å²) in [5, 5.41) is 16.4. The first-order valence-electron chi connectivity index (χ1n) is 6.72. The van der Waals surface area contributed by atoms with Gasteiger partial charge in [0.15, 0.2) is 0 Å². The molecular weight excluding hydrogens is 270 g/mol. The Labute approximate surface area is 123 Å². The fourth-order valence-electron chi connectivity index (χ4n) is 2.14. The summed E-state index contributed by atoms with van der Waals surface area (Å²) in [6.45, 7) is 4.25. The number of carbonyl (C=O) groups excluding carboxylic acids is 1. The first-order chi connectivity index (χ1) is 10.1. The zero-order valence-corrected chi connectivity index (χ0v) is 12.4. The van der Waals surface area contributed by atoms with Crippen molar-refractivity contribution >= 4 is 11.6 Å². The van der Waals surface area contributed by atoms with Crippen molar-refractivity contribution in [3.05, 3.63) is 41.2 Å². The van der Waals surface area contributed by atoms with E-state index in [4.69, 9.17) is 4.74 Å². The van der Waals surface area contributed by atoms with E-state index in [-0.39, 0.29) is 12.5 Å². The van der Waals surface area contributed by atoms with Crippen molar-refractivity contribution in [2.45, 2.75) is 27.0 Å². The Morgan fingerprint density at radius 1 is 1.43 bits per heavy atom. The molecule has 6 heteroatoms. The molecule has 0 aliphatic carbocycles. The first-order valence-corrected chi connectivity index (χ1v) is 6.72. The van der Waals surface area contributed by atoms with Gasteiger partial charge in [-0.05, 0) is 38.1 Å². The Kier molecular flexibility index (Phi) is 4.59. The summed E-state index contributed by atoms with van der Waals surface area (Å²) >= 11 is 0. The van der Waals surface area contributed by atoms with Gasteiger partial charge in [0.1, 0.15) is 11.4 Å². The smallest absolute Gasteiger partial charge is 0.273 e. The van der Waals surface area contributed by atoms with Crippen LogP contribution in [0.15, 0.2) is 24.3 Å². The molecule has 2 rings (SSSR count). The number of anilines is 1. The molecule has 1 aromatic heterocycles. The monoisotopic (exact) mass is 289 g/mol. The van der Waals surface area contributed by atoms with Gasteiger partial charge in [-0.3, -0.25) is 9.48 Å². The van der Waals surface area contributed by atoms with Crippen LogP contribution in [0.4, 0.5) is 5.69 Å². The van der Waals surface area contributed by atoms with Crippen LogP contribution in [0.2, 0.25) is 0 Å². The van der Waals surface area contributed by atoms with Crippen LogP contribution in [0.25, 0.3) is 0 Å². The van der Waals surface area contributed by atoms with Crippen molar-refractivity contribution in [1.29, 1.82) is 0 Å². The average molecular weight is 289 g/mol. The number of aryl methyl sites for hydroxylation is 2. The number of hydrogen-bond acceptors (Lipinski definition) is 4. The van der Waals surface area contributed by atoms with Crippen LogP contribution >= 0.6 is 0 Å². The average Bonchev–Trinajstić information content (AvgIpc) is 2.88. The van der Waals surface area contributed by atoms with Crippen molar-refractivity contribution in [3.8, 4) is 5.75 Å². The summed E-state index contributed by atoms with van der Waals surface area (Å²) in [4.78, 5) is 12.3. The lowest BCUT2D eigenvalue weighted by Gasteiger charge is -2.10. The molecule has 112 valence electrons. The van der Waals surface area contributed by atoms with Gasteiger partial charge >= 0.3 is 0 Å². The molecule has 1 heterocycles. The summed E-state index contributed by atoms with van der Waals surface area (Å²) in [5.74, 6) is 0.358. The summed E-state index contributed by atoms with van der Waals surface area (Å²) in [7, 11) is 1.54. The Morgan fingerprint density at radius 2 is 2.19 bits per heavy atom. The van der Waals surface area contributed by atoms with Gasteiger partial charge in [-0.2, -0.15) is 5.10 Å². The maximum Gasteiger partial charge on any atom is 0.273 e. The van der Waals surface area contributed by atoms with E-state index in [0.717, 1.165) is 5.69 Å². The van der Waals surface area contributed by atoms with Crippen molar-refractivity contribution in [2.24, 2.45) is 0 Å². The largest absolute Gasteiger partial charge is 0.496 e. The van der Waals surface area contributed by atoms with Gasteiger partial charge in [0.05, 0.1) is 19.4 Å². The lowest BCUT2D eigenvalue weighted by Crippen LogP contribution is -2.17. The maximum absolute atomic E-state index is 12.3. The zero-order valence-electron chi connectivity index (χ0n) is 12.4. The second kappa shape index (κ2) is 6.41. The van der Waals surface area contributed by atoms with Gasteiger partial charge in [-0.25, -0.2) is 0 Å². The molecule has 0 spiro atoms. The van der Waals surface area contributed by atoms with Crippen molar-refractivity contribution < 1.29 is 14.6 Å². The number of hydrogen-bond donors (Lipinski definition) is 2. The number of methoxy groups -OCH3 is 1. The van der Waals surface area contributed by atoms with Crippen LogP contribution in [0.5, 0.6) is 5.75 Å². The summed E-state index contributed by atoms with van der Waals surface area (Å²) < 4.78 is 6.79. The Hall–Kier alpha value is -2.34. The van der Waals surface area contributed by atoms with E-state index in [1.807, 2.05) is 13.8 Å². The third-order valence-corrected chi connectivity index (χ3v) is 3.14. The van der Waals surface area contributed by atoms with Crippen LogP contribution in [0.1, 0.15) is 28.7 Å². The third kappa shape index (κ3) is 3.22. The molecule has 2 N–H and O–H groups in total. The van der Waals surface area contributed by atoms with Gasteiger partial charge in [0, 0.05) is 17.8 Å². The SMILES string of the molecule is CCn1nc(C)cc1C(=O)Nc1ccc(OC)c(CO)c1. The lowest BCUT2D eigenvalue weighted by molar-refractivity contribution is 0.101. The predicted octanol–water partition coefficient (Wildman–Crippen LogP) is 1.96. The number of amides is 1. The van der Waals surface area contributed by atoms with E-state index in [2.05, 4.69) is 10.4 Å². The molecule has 0 bridgehead atoms. The molecule has 0 unspecified atom stereocenters. The van der Waals surface area contributed by atoms with Gasteiger partial charge < -0.3 is 15.2 Å². The van der Waals surface area contributed by atoms with E-state index in [0.29, 0.717) is 29.2 Å². The van der Waals surface area contributed by atoms with Crippen LogP contribution in [0, 0.1) is 6.92 Å². The number of aliphatic hydroxyl groups is 1. The number of nitrogens with one attached hydrogen (secondary N) is 1. The number of rotatable bonds is 5. The van der Waals surface area contributed by atoms with Gasteiger partial charge in [-0.15, -0.1) is 0 Å². The Bertz CT molecular complexity index is 650. The van der Waals surface area contributed by atoms with E-state index in [1.54, 1.807) is 28.9 Å². The maximum atomic E-state index is 12.3. The molecular formula is C15H19N3O3. The van der Waals surface area contributed by atoms with E-state index in [1.165, 1.54) is 7.11 Å². The number of nitrogens with zero attached hydrogens (tertiary/aromatic N) is 2. The number of benzene rings is 1. The molecule has 0 radical (unpaired) electrons. The second-order valence-electron chi connectivity index (χ2n) is 4.63. The highest BCUT2D eigenvalue weighted by atomic mass is 16.5. The summed E-state index contributed by atoms with van der Waals surface area (Å²) in [6.07, 6.45) is 0. The Balaban J connectivity index is 2.23. The van der Waals surface area contributed by atoms with Crippen LogP contribution in [-0.2, 0) is 13.2 Å². The van der Waals surface area contributed by atoms with Gasteiger partial charge in [0.25, 0.3) is 5.91 Å². The summed E-state index contributed by atoms with van der Waals surface area (Å²) in [6, 6.07) is 6.88. The molecule has 0 saturated heterocycles. The molecule has 0 aliphatic rings. The van der Waals surface area contributed by atoms with Crippen molar-refractivity contribution in [3.63, 3.8) is 0 Å². The standard InChI is InChI=1S/C15H19N3O3/c1-4-18-13(7-10(2)17-18)15(20)16-12-5-6-14(21-3)11(8-12)9-19/h5-8,19H,4,9H2,1-3H3,(H,16,20). The molecule has 0 saturated carbocycles. The summed E-state index contributed by atoms with van der Waals surface area (Å²) in [5.41, 5.74) is 2.53. The molecule has 0 fully saturated rings. The van der Waals surface area contributed by atoms with E-state index < -0.39 is 0 Å². The van der Waals surface area contributed by atoms with Crippen LogP contribution < -0.4 is 10.1 Å². The molecule has 21 heavy (non-hydrogen) atoms. The molecule has 1 amide bonds. The zero-order chi connectivity index (χ0) is 15.4. The molecule has 0 aliphatic heterocycles. The number of ether oxygens (including phenoxy) is 1. The Morgan fingerprint density at radius 3 is 2.81 bits per heavy atom. The van der Waals surface area contributed by atoms with Crippen LogP contribution in [0.3, 0.4) is 0 Å². The third-order valence-electron chi connectivity index (χ3n) is 3.14. The molecule has 6 nitrogen and oxygen atoms in total. The van der Waals surface area contributed by atoms with Crippen molar-refractivity contribution in [2.75, 3.05) is 12.4 Å². The van der Waals surface area contributed by atoms with Gasteiger partial charge in [-0.1, -0.05) is 0 Å². The minimum atomic E-state index is -0.230. The topological polar surface area (TPSA) is 76.4 Å². The highest BCUT2D eigenvalue weighted by molar-refractivity contribution is 6.03. The highest BCUT2D eigenvalue weighted by Crippen LogP contribution is 2.23. The minimum absolute atomic E-state index is 0.154. The number of aliphatic hydroxyl groups excluding tert-OH is 1. The fraction of sp³-hybridized carbons (Fsp3) is 0.333. The van der Waals surface area contributed by atoms with Crippen LogP contribution in [-0.4, -0.2) is 27.9 Å². The van der Waals surface area contributed by atoms with E-state index >= 15 is 0 Å².